The van der Waals surface area contributed by atoms with E-state index in [0.29, 0.717) is 11.3 Å². The third-order valence-electron chi connectivity index (χ3n) is 2.51. The summed E-state index contributed by atoms with van der Waals surface area (Å²) >= 11 is 1.51. The molecule has 2 rings (SSSR count). The first-order chi connectivity index (χ1) is 5.36. The summed E-state index contributed by atoms with van der Waals surface area (Å²) in [5.74, 6) is 0. The lowest BCUT2D eigenvalue weighted by atomic mass is 10.1. The van der Waals surface area contributed by atoms with Crippen molar-refractivity contribution in [3.8, 4) is 0 Å². The van der Waals surface area contributed by atoms with Crippen LogP contribution in [0.5, 0.6) is 0 Å². The van der Waals surface area contributed by atoms with Gasteiger partial charge in [-0.25, -0.2) is 0 Å². The van der Waals surface area contributed by atoms with Gasteiger partial charge in [-0.15, -0.1) is 0 Å². The molecule has 0 radical (unpaired) electrons. The summed E-state index contributed by atoms with van der Waals surface area (Å²) < 4.78 is 0. The Labute approximate surface area is 71.1 Å². The second-order valence-electron chi connectivity index (χ2n) is 3.33. The van der Waals surface area contributed by atoms with E-state index >= 15 is 0 Å². The van der Waals surface area contributed by atoms with Crippen LogP contribution in [0.15, 0.2) is 0 Å². The maximum Gasteiger partial charge on any atom is 0.279 e. The predicted molar refractivity (Wildman–Crippen MR) is 46.8 cm³/mol. The summed E-state index contributed by atoms with van der Waals surface area (Å²) in [6, 6.07) is 0.495. The zero-order valence-corrected chi connectivity index (χ0v) is 7.32. The van der Waals surface area contributed by atoms with Crippen molar-refractivity contribution in [2.75, 3.05) is 0 Å². The van der Waals surface area contributed by atoms with Crippen LogP contribution < -0.4 is 5.32 Å². The minimum atomic E-state index is 0.196. The zero-order chi connectivity index (χ0) is 7.68. The molecule has 0 spiro atoms. The smallest absolute Gasteiger partial charge is 0.279 e. The van der Waals surface area contributed by atoms with Gasteiger partial charge >= 0.3 is 0 Å². The largest absolute Gasteiger partial charge is 0.343 e. The number of amides is 1. The minimum Gasteiger partial charge on any atom is -0.343 e. The second kappa shape index (κ2) is 3.05. The predicted octanol–water partition coefficient (Wildman–Crippen LogP) is 2.14. The van der Waals surface area contributed by atoms with Gasteiger partial charge in [0, 0.05) is 11.3 Å². The molecule has 0 aromatic heterocycles. The summed E-state index contributed by atoms with van der Waals surface area (Å²) in [6.07, 6.45) is 6.38. The van der Waals surface area contributed by atoms with Crippen molar-refractivity contribution >= 4 is 17.0 Å². The summed E-state index contributed by atoms with van der Waals surface area (Å²) in [6.45, 7) is 0. The molecule has 0 bridgehead atoms. The molecule has 0 aromatic carbocycles. The van der Waals surface area contributed by atoms with E-state index in [2.05, 4.69) is 5.32 Å². The van der Waals surface area contributed by atoms with Gasteiger partial charge in [-0.2, -0.15) is 0 Å². The summed E-state index contributed by atoms with van der Waals surface area (Å²) in [5, 5.41) is 3.80. The molecule has 1 aliphatic carbocycles. The van der Waals surface area contributed by atoms with E-state index in [1.54, 1.807) is 0 Å². The monoisotopic (exact) mass is 171 g/mol. The van der Waals surface area contributed by atoms with Crippen molar-refractivity contribution in [2.24, 2.45) is 0 Å². The van der Waals surface area contributed by atoms with Crippen molar-refractivity contribution in [3.63, 3.8) is 0 Å². The Morgan fingerprint density at radius 2 is 2.09 bits per heavy atom. The quantitative estimate of drug-likeness (QED) is 0.605. The Kier molecular flexibility index (Phi) is 2.07. The second-order valence-corrected chi connectivity index (χ2v) is 4.54. The Morgan fingerprint density at radius 3 is 3.00 bits per heavy atom. The third-order valence-corrected chi connectivity index (χ3v) is 3.71. The molecule has 0 unspecified atom stereocenters. The molecule has 3 heteroatoms. The molecule has 1 N–H and O–H groups in total. The van der Waals surface area contributed by atoms with Crippen LogP contribution in [0.4, 0.5) is 4.79 Å². The van der Waals surface area contributed by atoms with Gasteiger partial charge in [-0.05, 0) is 12.8 Å². The van der Waals surface area contributed by atoms with E-state index in [-0.39, 0.29) is 5.24 Å². The van der Waals surface area contributed by atoms with Crippen molar-refractivity contribution in [1.29, 1.82) is 0 Å². The van der Waals surface area contributed by atoms with Crippen LogP contribution in [0, 0.1) is 0 Å². The lowest BCUT2D eigenvalue weighted by Crippen LogP contribution is -2.29. The molecule has 11 heavy (non-hydrogen) atoms. The molecule has 1 saturated heterocycles. The van der Waals surface area contributed by atoms with Crippen LogP contribution >= 0.6 is 11.8 Å². The molecule has 2 aliphatic rings. The van der Waals surface area contributed by atoms with E-state index in [0.717, 1.165) is 0 Å². The Morgan fingerprint density at radius 1 is 1.27 bits per heavy atom. The zero-order valence-electron chi connectivity index (χ0n) is 6.51. The van der Waals surface area contributed by atoms with Gasteiger partial charge in [0.05, 0.1) is 0 Å². The first-order valence-corrected chi connectivity index (χ1v) is 5.21. The number of hydrogen-bond donors (Lipinski definition) is 1. The number of carbonyl (C=O) groups excluding carboxylic acids is 1. The van der Waals surface area contributed by atoms with Gasteiger partial charge in [0.25, 0.3) is 5.24 Å². The Balaban J connectivity index is 2.01. The standard InChI is InChI=1S/C8H13NOS/c10-8-9-6-4-2-1-3-5-7(6)11-8/h6-7H,1-5H2,(H,9,10)/t6-,7+/m0/s1. The molecular weight excluding hydrogens is 158 g/mol. The summed E-state index contributed by atoms with van der Waals surface area (Å²) in [5.41, 5.74) is 0. The highest BCUT2D eigenvalue weighted by molar-refractivity contribution is 8.14. The number of carbonyl (C=O) groups is 1. The molecule has 1 heterocycles. The van der Waals surface area contributed by atoms with Gasteiger partial charge in [-0.3, -0.25) is 4.79 Å². The topological polar surface area (TPSA) is 29.1 Å². The summed E-state index contributed by atoms with van der Waals surface area (Å²) in [7, 11) is 0. The van der Waals surface area contributed by atoms with Gasteiger partial charge < -0.3 is 5.32 Å². The highest BCUT2D eigenvalue weighted by Crippen LogP contribution is 2.32. The van der Waals surface area contributed by atoms with E-state index in [1.165, 1.54) is 43.9 Å². The normalized spacial score (nSPS) is 37.6. The molecule has 62 valence electrons. The number of thioether (sulfide) groups is 1. The third kappa shape index (κ3) is 1.53. The molecule has 1 aliphatic heterocycles. The van der Waals surface area contributed by atoms with E-state index < -0.39 is 0 Å². The Bertz CT molecular complexity index is 155. The van der Waals surface area contributed by atoms with Crippen LogP contribution in [0.1, 0.15) is 32.1 Å². The number of fused-ring (bicyclic) bond motifs is 1. The highest BCUT2D eigenvalue weighted by atomic mass is 32.2. The van der Waals surface area contributed by atoms with Crippen molar-refractivity contribution in [3.05, 3.63) is 0 Å². The van der Waals surface area contributed by atoms with Gasteiger partial charge in [0.15, 0.2) is 0 Å². The fourth-order valence-corrected chi connectivity index (χ4v) is 3.05. The van der Waals surface area contributed by atoms with Crippen LogP contribution in [-0.2, 0) is 0 Å². The van der Waals surface area contributed by atoms with Crippen molar-refractivity contribution in [2.45, 2.75) is 43.4 Å². The molecule has 2 fully saturated rings. The average Bonchev–Trinajstić information content (AvgIpc) is 2.17. The van der Waals surface area contributed by atoms with Crippen LogP contribution in [0.3, 0.4) is 0 Å². The lowest BCUT2D eigenvalue weighted by molar-refractivity contribution is 0.259. The molecule has 1 amide bonds. The Hall–Kier alpha value is -0.180. The average molecular weight is 171 g/mol. The van der Waals surface area contributed by atoms with Crippen LogP contribution in [0.25, 0.3) is 0 Å². The van der Waals surface area contributed by atoms with E-state index in [9.17, 15) is 4.79 Å². The maximum atomic E-state index is 11.0. The number of hydrogen-bond acceptors (Lipinski definition) is 2. The molecule has 2 nitrogen and oxygen atoms in total. The fourth-order valence-electron chi connectivity index (χ4n) is 1.90. The molecule has 2 atom stereocenters. The van der Waals surface area contributed by atoms with E-state index in [4.69, 9.17) is 0 Å². The molecule has 1 saturated carbocycles. The van der Waals surface area contributed by atoms with Crippen LogP contribution in [-0.4, -0.2) is 16.5 Å². The number of nitrogens with one attached hydrogen (secondary N) is 1. The van der Waals surface area contributed by atoms with Crippen molar-refractivity contribution < 1.29 is 4.79 Å². The molecule has 0 aromatic rings. The van der Waals surface area contributed by atoms with Crippen LogP contribution in [0.2, 0.25) is 0 Å². The maximum absolute atomic E-state index is 11.0. The minimum absolute atomic E-state index is 0.196. The van der Waals surface area contributed by atoms with Crippen molar-refractivity contribution in [1.82, 2.24) is 5.32 Å². The first-order valence-electron chi connectivity index (χ1n) is 4.33. The lowest BCUT2D eigenvalue weighted by Gasteiger charge is -2.12. The number of rotatable bonds is 0. The van der Waals surface area contributed by atoms with E-state index in [1.807, 2.05) is 0 Å². The van der Waals surface area contributed by atoms with Gasteiger partial charge in [0.2, 0.25) is 0 Å². The first kappa shape index (κ1) is 7.47. The van der Waals surface area contributed by atoms with Gasteiger partial charge in [0.1, 0.15) is 0 Å². The summed E-state index contributed by atoms with van der Waals surface area (Å²) in [4.78, 5) is 11.0. The molecular formula is C8H13NOS. The highest BCUT2D eigenvalue weighted by Gasteiger charge is 2.33. The van der Waals surface area contributed by atoms with Gasteiger partial charge in [-0.1, -0.05) is 31.0 Å². The fraction of sp³-hybridized carbons (Fsp3) is 0.875. The SMILES string of the molecule is O=C1N[C@H]2CCCCC[C@H]2S1.